The number of hydrogen-bond acceptors (Lipinski definition) is 3. The maximum absolute atomic E-state index is 12.8. The number of benzene rings is 2. The average molecular weight is 472 g/mol. The van der Waals surface area contributed by atoms with Gasteiger partial charge in [0, 0.05) is 40.9 Å². The van der Waals surface area contributed by atoms with E-state index in [0.717, 1.165) is 36.1 Å². The lowest BCUT2D eigenvalue weighted by Crippen LogP contribution is -2.45. The largest absolute Gasteiger partial charge is 0.371 e. The van der Waals surface area contributed by atoms with Gasteiger partial charge in [0.15, 0.2) is 0 Å². The molecule has 2 aromatic carbocycles. The number of carbonyl (C=O) groups is 2. The number of anilines is 1. The van der Waals surface area contributed by atoms with Crippen molar-refractivity contribution in [3.8, 4) is 0 Å². The fraction of sp³-hybridized carbons (Fsp3) is 0.417. The molecule has 0 aromatic heterocycles. The Morgan fingerprint density at radius 2 is 1.70 bits per heavy atom. The van der Waals surface area contributed by atoms with Gasteiger partial charge < -0.3 is 15.5 Å². The molecule has 0 spiro atoms. The molecule has 30 heavy (non-hydrogen) atoms. The van der Waals surface area contributed by atoms with Crippen molar-refractivity contribution < 1.29 is 9.59 Å². The zero-order valence-corrected chi connectivity index (χ0v) is 19.4. The highest BCUT2D eigenvalue weighted by Crippen LogP contribution is 2.25. The highest BCUT2D eigenvalue weighted by molar-refractivity contribution is 9.10. The minimum absolute atomic E-state index is 0.0307. The van der Waals surface area contributed by atoms with Crippen LogP contribution in [0.15, 0.2) is 53.0 Å². The molecule has 1 fully saturated rings. The van der Waals surface area contributed by atoms with Crippen LogP contribution in [0.25, 0.3) is 0 Å². The van der Waals surface area contributed by atoms with Crippen molar-refractivity contribution in [1.29, 1.82) is 0 Å². The quantitative estimate of drug-likeness (QED) is 0.645. The van der Waals surface area contributed by atoms with Crippen LogP contribution in [0.2, 0.25) is 0 Å². The number of nitrogens with zero attached hydrogens (tertiary/aromatic N) is 1. The zero-order chi connectivity index (χ0) is 21.7. The summed E-state index contributed by atoms with van der Waals surface area (Å²) in [5.74, 6) is 0.305. The van der Waals surface area contributed by atoms with Crippen LogP contribution in [-0.2, 0) is 0 Å². The first-order valence-corrected chi connectivity index (χ1v) is 11.4. The van der Waals surface area contributed by atoms with E-state index in [9.17, 15) is 9.59 Å². The molecule has 0 saturated carbocycles. The van der Waals surface area contributed by atoms with E-state index in [0.29, 0.717) is 17.0 Å². The third kappa shape index (κ3) is 5.63. The molecule has 3 rings (SSSR count). The molecular formula is C24H30BrN3O2. The first-order chi connectivity index (χ1) is 14.3. The second kappa shape index (κ2) is 10.1. The van der Waals surface area contributed by atoms with Crippen molar-refractivity contribution in [2.75, 3.05) is 18.0 Å². The first kappa shape index (κ1) is 22.3. The summed E-state index contributed by atoms with van der Waals surface area (Å²) in [7, 11) is 0. The number of halogens is 1. The minimum atomic E-state index is -0.0443. The van der Waals surface area contributed by atoms with Crippen molar-refractivity contribution in [3.05, 3.63) is 64.1 Å². The number of para-hydroxylation sites is 1. The molecule has 1 aliphatic heterocycles. The Bertz CT molecular complexity index is 892. The lowest BCUT2D eigenvalue weighted by molar-refractivity contribution is 0.0925. The third-order valence-electron chi connectivity index (χ3n) is 5.77. The molecule has 160 valence electrons. The van der Waals surface area contributed by atoms with Gasteiger partial charge in [0.2, 0.25) is 0 Å². The Balaban J connectivity index is 1.61. The van der Waals surface area contributed by atoms with Gasteiger partial charge in [0.25, 0.3) is 11.8 Å². The van der Waals surface area contributed by atoms with Crippen LogP contribution in [0.3, 0.4) is 0 Å². The molecule has 0 bridgehead atoms. The van der Waals surface area contributed by atoms with Crippen molar-refractivity contribution in [2.45, 2.75) is 45.7 Å². The van der Waals surface area contributed by atoms with Crippen LogP contribution in [0.4, 0.5) is 5.69 Å². The topological polar surface area (TPSA) is 61.4 Å². The summed E-state index contributed by atoms with van der Waals surface area (Å²) in [5, 5.41) is 6.25. The number of piperidine rings is 1. The minimum Gasteiger partial charge on any atom is -0.371 e. The van der Waals surface area contributed by atoms with Crippen LogP contribution in [-0.4, -0.2) is 37.0 Å². The van der Waals surface area contributed by atoms with Gasteiger partial charge in [-0.2, -0.15) is 0 Å². The summed E-state index contributed by atoms with van der Waals surface area (Å²) < 4.78 is 0.895. The molecule has 5 nitrogen and oxygen atoms in total. The van der Waals surface area contributed by atoms with Gasteiger partial charge in [-0.05, 0) is 56.0 Å². The van der Waals surface area contributed by atoms with Crippen molar-refractivity contribution in [2.24, 2.45) is 5.92 Å². The van der Waals surface area contributed by atoms with Crippen LogP contribution in [0.1, 0.15) is 54.3 Å². The van der Waals surface area contributed by atoms with Gasteiger partial charge >= 0.3 is 0 Å². The Hall–Kier alpha value is -2.34. The predicted octanol–water partition coefficient (Wildman–Crippen LogP) is 4.62. The van der Waals surface area contributed by atoms with E-state index in [2.05, 4.69) is 45.3 Å². The van der Waals surface area contributed by atoms with Crippen molar-refractivity contribution in [3.63, 3.8) is 0 Å². The Morgan fingerprint density at radius 1 is 1.00 bits per heavy atom. The number of hydrogen-bond donors (Lipinski definition) is 2. The molecule has 1 atom stereocenters. The van der Waals surface area contributed by atoms with Crippen LogP contribution < -0.4 is 15.5 Å². The molecule has 2 N–H and O–H groups in total. The van der Waals surface area contributed by atoms with E-state index in [1.54, 1.807) is 0 Å². The Kier molecular flexibility index (Phi) is 7.53. The average Bonchev–Trinajstić information content (AvgIpc) is 2.74. The highest BCUT2D eigenvalue weighted by Gasteiger charge is 2.24. The second-order valence-corrected chi connectivity index (χ2v) is 9.18. The maximum atomic E-state index is 12.8. The molecule has 2 amide bonds. The molecular weight excluding hydrogens is 442 g/mol. The summed E-state index contributed by atoms with van der Waals surface area (Å²) in [6.45, 7) is 7.83. The van der Waals surface area contributed by atoms with Crippen molar-refractivity contribution >= 4 is 33.4 Å². The highest BCUT2D eigenvalue weighted by atomic mass is 79.9. The fourth-order valence-electron chi connectivity index (χ4n) is 3.56. The Morgan fingerprint density at radius 3 is 2.37 bits per heavy atom. The smallest absolute Gasteiger partial charge is 0.253 e. The second-order valence-electron chi connectivity index (χ2n) is 8.27. The van der Waals surface area contributed by atoms with E-state index in [1.165, 1.54) is 0 Å². The summed E-state index contributed by atoms with van der Waals surface area (Å²) in [5.41, 5.74) is 2.33. The molecule has 6 heteroatoms. The Labute approximate surface area is 187 Å². The van der Waals surface area contributed by atoms with E-state index < -0.39 is 0 Å². The molecule has 0 unspecified atom stereocenters. The van der Waals surface area contributed by atoms with Gasteiger partial charge in [-0.3, -0.25) is 9.59 Å². The van der Waals surface area contributed by atoms with Gasteiger partial charge in [-0.1, -0.05) is 48.0 Å². The number of rotatable bonds is 6. The monoisotopic (exact) mass is 471 g/mol. The summed E-state index contributed by atoms with van der Waals surface area (Å²) in [6, 6.07) is 15.4. The normalized spacial score (nSPS) is 15.7. The van der Waals surface area contributed by atoms with Gasteiger partial charge in [-0.15, -0.1) is 0 Å². The lowest BCUT2D eigenvalue weighted by Gasteiger charge is -2.35. The summed E-state index contributed by atoms with van der Waals surface area (Å²) in [4.78, 5) is 27.6. The molecule has 1 heterocycles. The van der Waals surface area contributed by atoms with Crippen molar-refractivity contribution in [1.82, 2.24) is 10.6 Å². The van der Waals surface area contributed by atoms with Gasteiger partial charge in [0.1, 0.15) is 0 Å². The lowest BCUT2D eigenvalue weighted by atomic mass is 10.0. The molecule has 2 aromatic rings. The summed E-state index contributed by atoms with van der Waals surface area (Å²) in [6.07, 6.45) is 1.69. The van der Waals surface area contributed by atoms with Gasteiger partial charge in [-0.25, -0.2) is 0 Å². The number of amides is 2. The van der Waals surface area contributed by atoms with E-state index in [1.807, 2.05) is 55.5 Å². The maximum Gasteiger partial charge on any atom is 0.253 e. The third-order valence-corrected chi connectivity index (χ3v) is 6.26. The van der Waals surface area contributed by atoms with Gasteiger partial charge in [0.05, 0.1) is 5.56 Å². The predicted molar refractivity (Wildman–Crippen MR) is 125 cm³/mol. The van der Waals surface area contributed by atoms with E-state index in [4.69, 9.17) is 0 Å². The molecule has 1 saturated heterocycles. The standard InChI is InChI=1S/C24H30BrN3O2/c1-16(2)17(3)26-24(30)21-9-4-5-10-22(21)28-13-11-20(12-14-28)27-23(29)18-7-6-8-19(25)15-18/h4-10,15-17,20H,11-14H2,1-3H3,(H,26,30)(H,27,29)/t17-/m1/s1. The fourth-order valence-corrected chi connectivity index (χ4v) is 3.96. The van der Waals surface area contributed by atoms with E-state index in [-0.39, 0.29) is 23.9 Å². The molecule has 0 radical (unpaired) electrons. The zero-order valence-electron chi connectivity index (χ0n) is 17.8. The number of carbonyl (C=O) groups excluding carboxylic acids is 2. The first-order valence-electron chi connectivity index (χ1n) is 10.6. The van der Waals surface area contributed by atoms with E-state index >= 15 is 0 Å². The number of nitrogens with one attached hydrogen (secondary N) is 2. The SMILES string of the molecule is CC(C)[C@@H](C)NC(=O)c1ccccc1N1CCC(NC(=O)c2cccc(Br)c2)CC1. The van der Waals surface area contributed by atoms with Crippen LogP contribution >= 0.6 is 15.9 Å². The molecule has 0 aliphatic carbocycles. The van der Waals surface area contributed by atoms with Crippen LogP contribution in [0.5, 0.6) is 0 Å². The summed E-state index contributed by atoms with van der Waals surface area (Å²) >= 11 is 3.41. The van der Waals surface area contributed by atoms with Crippen LogP contribution in [0, 0.1) is 5.92 Å². The molecule has 1 aliphatic rings.